The molecule has 0 aromatic rings. The first-order valence-corrected chi connectivity index (χ1v) is 6.64. The maximum atomic E-state index is 11.5. The molecule has 16 heavy (non-hydrogen) atoms. The van der Waals surface area contributed by atoms with Gasteiger partial charge in [-0.1, -0.05) is 25.7 Å². The van der Waals surface area contributed by atoms with Gasteiger partial charge in [0, 0.05) is 0 Å². The summed E-state index contributed by atoms with van der Waals surface area (Å²) in [7, 11) is 0. The molecule has 0 unspecified atom stereocenters. The Kier molecular flexibility index (Phi) is 3.85. The summed E-state index contributed by atoms with van der Waals surface area (Å²) in [6, 6.07) is 0. The predicted octanol–water partition coefficient (Wildman–Crippen LogP) is 3.12. The molecule has 0 saturated heterocycles. The van der Waals surface area contributed by atoms with Crippen LogP contribution in [0.25, 0.3) is 0 Å². The zero-order valence-corrected chi connectivity index (χ0v) is 9.91. The molecule has 0 bridgehead atoms. The van der Waals surface area contributed by atoms with Crippen molar-refractivity contribution in [3.05, 3.63) is 0 Å². The molecule has 92 valence electrons. The summed E-state index contributed by atoms with van der Waals surface area (Å²) >= 11 is 0. The molecule has 0 heterocycles. The molecule has 0 spiro atoms. The molecule has 0 aromatic heterocycles. The van der Waals surface area contributed by atoms with Gasteiger partial charge in [0.2, 0.25) is 0 Å². The van der Waals surface area contributed by atoms with E-state index in [1.54, 1.807) is 0 Å². The minimum atomic E-state index is -0.856. The van der Waals surface area contributed by atoms with E-state index >= 15 is 0 Å². The van der Waals surface area contributed by atoms with E-state index in [2.05, 4.69) is 0 Å². The van der Waals surface area contributed by atoms with E-state index in [1.807, 2.05) is 0 Å². The average molecular weight is 226 g/mol. The summed E-state index contributed by atoms with van der Waals surface area (Å²) in [6.45, 7) is 0. The van der Waals surface area contributed by atoms with Gasteiger partial charge in [0.05, 0.1) is 6.10 Å². The van der Waals surface area contributed by atoms with Crippen LogP contribution in [0.5, 0.6) is 0 Å². The number of rotatable bonds is 3. The van der Waals surface area contributed by atoms with Crippen LogP contribution in [-0.2, 0) is 9.53 Å². The Labute approximate surface area is 97.2 Å². The maximum absolute atomic E-state index is 11.5. The van der Waals surface area contributed by atoms with E-state index in [0.29, 0.717) is 12.8 Å². The molecular weight excluding hydrogens is 204 g/mol. The lowest BCUT2D eigenvalue weighted by molar-refractivity contribution is -0.176. The van der Waals surface area contributed by atoms with Crippen molar-refractivity contribution in [1.29, 1.82) is 0 Å². The number of hydrogen-bond donors (Lipinski definition) is 1. The van der Waals surface area contributed by atoms with Gasteiger partial charge in [-0.2, -0.15) is 0 Å². The molecule has 2 rings (SSSR count). The lowest BCUT2D eigenvalue weighted by Gasteiger charge is -2.31. The number of aliphatic carboxylic acids is 1. The van der Waals surface area contributed by atoms with Crippen LogP contribution >= 0.6 is 0 Å². The lowest BCUT2D eigenvalue weighted by atomic mass is 9.94. The highest BCUT2D eigenvalue weighted by molar-refractivity contribution is 5.77. The smallest absolute Gasteiger partial charge is 0.335 e. The SMILES string of the molecule is O=C(O)C1(OC2CCCC2)CCCCCC1. The molecule has 0 atom stereocenters. The van der Waals surface area contributed by atoms with E-state index in [1.165, 1.54) is 12.8 Å². The van der Waals surface area contributed by atoms with Crippen molar-refractivity contribution in [1.82, 2.24) is 0 Å². The van der Waals surface area contributed by atoms with Crippen molar-refractivity contribution in [2.24, 2.45) is 0 Å². The third-order valence-electron chi connectivity index (χ3n) is 4.00. The average Bonchev–Trinajstić information content (AvgIpc) is 2.62. The summed E-state index contributed by atoms with van der Waals surface area (Å²) < 4.78 is 5.98. The van der Waals surface area contributed by atoms with Gasteiger partial charge in [-0.05, 0) is 38.5 Å². The fourth-order valence-electron chi connectivity index (χ4n) is 3.01. The van der Waals surface area contributed by atoms with Crippen LogP contribution in [0.4, 0.5) is 0 Å². The molecule has 0 aromatic carbocycles. The van der Waals surface area contributed by atoms with Crippen LogP contribution in [0.15, 0.2) is 0 Å². The van der Waals surface area contributed by atoms with Gasteiger partial charge in [0.15, 0.2) is 5.60 Å². The Balaban J connectivity index is 2.03. The van der Waals surface area contributed by atoms with Gasteiger partial charge in [0.25, 0.3) is 0 Å². The van der Waals surface area contributed by atoms with Gasteiger partial charge < -0.3 is 9.84 Å². The number of carbonyl (C=O) groups is 1. The standard InChI is InChI=1S/C13H22O3/c14-12(15)13(9-5-1-2-6-10-13)16-11-7-3-4-8-11/h11H,1-10H2,(H,14,15). The van der Waals surface area contributed by atoms with Gasteiger partial charge in [-0.15, -0.1) is 0 Å². The molecule has 2 fully saturated rings. The van der Waals surface area contributed by atoms with Crippen molar-refractivity contribution in [3.63, 3.8) is 0 Å². The number of carboxylic acid groups (broad SMARTS) is 1. The highest BCUT2D eigenvalue weighted by Crippen LogP contribution is 2.35. The van der Waals surface area contributed by atoms with Crippen LogP contribution in [0, 0.1) is 0 Å². The van der Waals surface area contributed by atoms with Crippen LogP contribution in [0.3, 0.4) is 0 Å². The highest BCUT2D eigenvalue weighted by Gasteiger charge is 2.42. The van der Waals surface area contributed by atoms with Crippen molar-refractivity contribution in [3.8, 4) is 0 Å². The van der Waals surface area contributed by atoms with Crippen LogP contribution < -0.4 is 0 Å². The first-order chi connectivity index (χ1) is 7.73. The minimum absolute atomic E-state index is 0.203. The third-order valence-corrected chi connectivity index (χ3v) is 4.00. The Morgan fingerprint density at radius 3 is 2.06 bits per heavy atom. The fourth-order valence-corrected chi connectivity index (χ4v) is 3.01. The maximum Gasteiger partial charge on any atom is 0.335 e. The molecule has 0 amide bonds. The Morgan fingerprint density at radius 1 is 1.00 bits per heavy atom. The van der Waals surface area contributed by atoms with Gasteiger partial charge in [-0.25, -0.2) is 4.79 Å². The Hall–Kier alpha value is -0.570. The first-order valence-electron chi connectivity index (χ1n) is 6.64. The molecule has 2 saturated carbocycles. The van der Waals surface area contributed by atoms with Crippen molar-refractivity contribution in [2.75, 3.05) is 0 Å². The topological polar surface area (TPSA) is 46.5 Å². The van der Waals surface area contributed by atoms with E-state index in [9.17, 15) is 9.90 Å². The monoisotopic (exact) mass is 226 g/mol. The normalized spacial score (nSPS) is 26.5. The van der Waals surface area contributed by atoms with Crippen molar-refractivity contribution < 1.29 is 14.6 Å². The Bertz CT molecular complexity index is 236. The van der Waals surface area contributed by atoms with Gasteiger partial charge in [0.1, 0.15) is 0 Å². The molecule has 3 nitrogen and oxygen atoms in total. The number of carboxylic acids is 1. The van der Waals surface area contributed by atoms with Crippen LogP contribution in [0.2, 0.25) is 0 Å². The second kappa shape index (κ2) is 5.17. The summed E-state index contributed by atoms with van der Waals surface area (Å²) in [5, 5.41) is 9.45. The van der Waals surface area contributed by atoms with Gasteiger partial charge >= 0.3 is 5.97 Å². The predicted molar refractivity (Wildman–Crippen MR) is 61.4 cm³/mol. The van der Waals surface area contributed by atoms with E-state index in [4.69, 9.17) is 4.74 Å². The molecule has 3 heteroatoms. The molecular formula is C13H22O3. The van der Waals surface area contributed by atoms with Crippen LogP contribution in [0.1, 0.15) is 64.2 Å². The van der Waals surface area contributed by atoms with Crippen molar-refractivity contribution in [2.45, 2.75) is 75.9 Å². The van der Waals surface area contributed by atoms with E-state index < -0.39 is 11.6 Å². The Morgan fingerprint density at radius 2 is 1.56 bits per heavy atom. The second-order valence-electron chi connectivity index (χ2n) is 5.24. The summed E-state index contributed by atoms with van der Waals surface area (Å²) in [4.78, 5) is 11.5. The lowest BCUT2D eigenvalue weighted by Crippen LogP contribution is -2.43. The zero-order chi connectivity index (χ0) is 11.4. The first kappa shape index (κ1) is 11.9. The zero-order valence-electron chi connectivity index (χ0n) is 9.91. The third kappa shape index (κ3) is 2.57. The van der Waals surface area contributed by atoms with Gasteiger partial charge in [-0.3, -0.25) is 0 Å². The molecule has 1 N–H and O–H groups in total. The van der Waals surface area contributed by atoms with Crippen molar-refractivity contribution >= 4 is 5.97 Å². The largest absolute Gasteiger partial charge is 0.479 e. The quantitative estimate of drug-likeness (QED) is 0.752. The van der Waals surface area contributed by atoms with E-state index in [0.717, 1.165) is 38.5 Å². The molecule has 0 radical (unpaired) electrons. The highest BCUT2D eigenvalue weighted by atomic mass is 16.5. The van der Waals surface area contributed by atoms with E-state index in [-0.39, 0.29) is 6.10 Å². The molecule has 2 aliphatic carbocycles. The molecule has 2 aliphatic rings. The number of ether oxygens (including phenoxy) is 1. The van der Waals surface area contributed by atoms with Crippen LogP contribution in [-0.4, -0.2) is 22.8 Å². The molecule has 0 aliphatic heterocycles. The summed E-state index contributed by atoms with van der Waals surface area (Å²) in [5.41, 5.74) is -0.856. The summed E-state index contributed by atoms with van der Waals surface area (Å²) in [5.74, 6) is -0.735. The number of hydrogen-bond acceptors (Lipinski definition) is 2. The second-order valence-corrected chi connectivity index (χ2v) is 5.24. The summed E-state index contributed by atoms with van der Waals surface area (Å²) in [6.07, 6.45) is 10.4. The minimum Gasteiger partial charge on any atom is -0.479 e. The fraction of sp³-hybridized carbons (Fsp3) is 0.923.